The van der Waals surface area contributed by atoms with Crippen molar-refractivity contribution < 1.29 is 8.85 Å². The SMILES string of the molecule is C=Cc1cccc(C(O[Si](C)(C)C)O[Si](C)(C)C)c1C(C)[Si]. The Bertz CT molecular complexity index is 498. The van der Waals surface area contributed by atoms with E-state index in [1.54, 1.807) is 0 Å². The van der Waals surface area contributed by atoms with E-state index in [0.717, 1.165) is 11.1 Å². The van der Waals surface area contributed by atoms with E-state index >= 15 is 0 Å². The summed E-state index contributed by atoms with van der Waals surface area (Å²) in [6, 6.07) is 6.26. The standard InChI is InChI=1S/C17H29O2Si3/c1-9-14-11-10-12-15(16(14)13(2)20)17(18-21(3,4)5)19-22(6,7)8/h9-13,17H,1H2,2-8H3. The van der Waals surface area contributed by atoms with Crippen molar-refractivity contribution in [2.24, 2.45) is 0 Å². The third-order valence-corrected chi connectivity index (χ3v) is 5.13. The lowest BCUT2D eigenvalue weighted by atomic mass is 9.98. The molecule has 2 nitrogen and oxygen atoms in total. The molecule has 0 aliphatic rings. The summed E-state index contributed by atoms with van der Waals surface area (Å²) in [5.74, 6) is 0. The molecule has 0 aromatic heterocycles. The third kappa shape index (κ3) is 5.97. The van der Waals surface area contributed by atoms with Crippen molar-refractivity contribution in [3.05, 3.63) is 41.5 Å². The lowest BCUT2D eigenvalue weighted by Crippen LogP contribution is -2.36. The minimum atomic E-state index is -1.73. The van der Waals surface area contributed by atoms with Crippen LogP contribution in [0.5, 0.6) is 0 Å². The summed E-state index contributed by atoms with van der Waals surface area (Å²) >= 11 is 0. The van der Waals surface area contributed by atoms with Gasteiger partial charge in [-0.15, -0.1) is 0 Å². The van der Waals surface area contributed by atoms with E-state index in [1.165, 1.54) is 5.56 Å². The maximum Gasteiger partial charge on any atom is 0.187 e. The molecule has 3 radical (unpaired) electrons. The molecule has 1 aromatic carbocycles. The monoisotopic (exact) mass is 349 g/mol. The highest BCUT2D eigenvalue weighted by Crippen LogP contribution is 2.34. The third-order valence-electron chi connectivity index (χ3n) is 3.00. The minimum absolute atomic E-state index is 0.210. The average Bonchev–Trinajstić information content (AvgIpc) is 2.33. The van der Waals surface area contributed by atoms with Crippen LogP contribution in [0.25, 0.3) is 6.08 Å². The smallest absolute Gasteiger partial charge is 0.187 e. The van der Waals surface area contributed by atoms with E-state index in [9.17, 15) is 0 Å². The van der Waals surface area contributed by atoms with Crippen molar-refractivity contribution in [1.82, 2.24) is 0 Å². The van der Waals surface area contributed by atoms with Gasteiger partial charge in [-0.2, -0.15) is 0 Å². The highest BCUT2D eigenvalue weighted by Gasteiger charge is 2.30. The van der Waals surface area contributed by atoms with Crippen molar-refractivity contribution in [3.8, 4) is 0 Å². The van der Waals surface area contributed by atoms with Crippen LogP contribution in [0.4, 0.5) is 0 Å². The molecule has 0 aliphatic carbocycles. The van der Waals surface area contributed by atoms with Crippen LogP contribution in [0.2, 0.25) is 39.3 Å². The van der Waals surface area contributed by atoms with E-state index in [1.807, 2.05) is 6.08 Å². The number of rotatable bonds is 7. The zero-order chi connectivity index (χ0) is 17.1. The fourth-order valence-corrected chi connectivity index (χ4v) is 4.34. The van der Waals surface area contributed by atoms with Crippen molar-refractivity contribution in [1.29, 1.82) is 0 Å². The first-order chi connectivity index (χ1) is 9.94. The molecule has 121 valence electrons. The van der Waals surface area contributed by atoms with Crippen LogP contribution in [0, 0.1) is 0 Å². The predicted molar refractivity (Wildman–Crippen MR) is 102 cm³/mol. The molecule has 1 atom stereocenters. The Labute approximate surface area is 141 Å². The van der Waals surface area contributed by atoms with Gasteiger partial charge in [-0.1, -0.05) is 37.8 Å². The fraction of sp³-hybridized carbons (Fsp3) is 0.529. The van der Waals surface area contributed by atoms with Crippen molar-refractivity contribution in [3.63, 3.8) is 0 Å². The lowest BCUT2D eigenvalue weighted by Gasteiger charge is -2.34. The van der Waals surface area contributed by atoms with Gasteiger partial charge in [0.2, 0.25) is 0 Å². The van der Waals surface area contributed by atoms with Gasteiger partial charge < -0.3 is 8.85 Å². The molecule has 0 saturated carbocycles. The fourth-order valence-electron chi connectivity index (χ4n) is 2.28. The van der Waals surface area contributed by atoms with E-state index in [4.69, 9.17) is 8.85 Å². The second kappa shape index (κ2) is 7.40. The Kier molecular flexibility index (Phi) is 6.59. The van der Waals surface area contributed by atoms with Gasteiger partial charge in [0.25, 0.3) is 0 Å². The van der Waals surface area contributed by atoms with Gasteiger partial charge in [0.1, 0.15) is 0 Å². The molecule has 1 rings (SSSR count). The molecule has 0 amide bonds. The molecular formula is C17H29O2Si3. The maximum absolute atomic E-state index is 6.39. The van der Waals surface area contributed by atoms with Gasteiger partial charge in [0, 0.05) is 15.8 Å². The highest BCUT2D eigenvalue weighted by atomic mass is 28.4. The highest BCUT2D eigenvalue weighted by molar-refractivity contribution is 6.70. The molecule has 22 heavy (non-hydrogen) atoms. The predicted octanol–water partition coefficient (Wildman–Crippen LogP) is 5.26. The molecule has 0 bridgehead atoms. The van der Waals surface area contributed by atoms with Gasteiger partial charge in [0.05, 0.1) is 0 Å². The Morgan fingerprint density at radius 3 is 1.91 bits per heavy atom. The number of hydrogen-bond acceptors (Lipinski definition) is 2. The Hall–Kier alpha value is -0.469. The molecular weight excluding hydrogens is 320 g/mol. The summed E-state index contributed by atoms with van der Waals surface area (Å²) in [5, 5.41) is 0. The maximum atomic E-state index is 6.39. The zero-order valence-corrected chi connectivity index (χ0v) is 18.0. The van der Waals surface area contributed by atoms with E-state index < -0.39 is 16.6 Å². The van der Waals surface area contributed by atoms with Gasteiger partial charge in [-0.25, -0.2) is 0 Å². The van der Waals surface area contributed by atoms with Crippen LogP contribution in [-0.4, -0.2) is 26.9 Å². The number of benzene rings is 1. The molecule has 1 aromatic rings. The topological polar surface area (TPSA) is 18.5 Å². The summed E-state index contributed by atoms with van der Waals surface area (Å²) < 4.78 is 12.8. The molecule has 0 saturated heterocycles. The first-order valence-corrected chi connectivity index (χ1v) is 15.2. The van der Waals surface area contributed by atoms with Crippen molar-refractivity contribution in [2.75, 3.05) is 0 Å². The Morgan fingerprint density at radius 2 is 1.55 bits per heavy atom. The molecule has 0 spiro atoms. The van der Waals surface area contributed by atoms with E-state index in [2.05, 4.69) is 81.2 Å². The van der Waals surface area contributed by atoms with Crippen LogP contribution < -0.4 is 0 Å². The second-order valence-electron chi connectivity index (χ2n) is 7.57. The molecule has 0 aliphatic heterocycles. The van der Waals surface area contributed by atoms with Crippen LogP contribution in [0.3, 0.4) is 0 Å². The van der Waals surface area contributed by atoms with Crippen LogP contribution in [-0.2, 0) is 8.85 Å². The van der Waals surface area contributed by atoms with Crippen LogP contribution >= 0.6 is 0 Å². The molecule has 0 fully saturated rings. The van der Waals surface area contributed by atoms with Gasteiger partial charge in [0.15, 0.2) is 22.9 Å². The lowest BCUT2D eigenvalue weighted by molar-refractivity contribution is -0.0103. The first kappa shape index (κ1) is 19.6. The minimum Gasteiger partial charge on any atom is -0.390 e. The summed E-state index contributed by atoms with van der Waals surface area (Å²) in [6.07, 6.45) is 1.60. The van der Waals surface area contributed by atoms with E-state index in [0.29, 0.717) is 0 Å². The second-order valence-corrected chi connectivity index (χ2v) is 17.4. The normalized spacial score (nSPS) is 14.2. The first-order valence-electron chi connectivity index (χ1n) is 7.76. The molecule has 0 N–H and O–H groups in total. The summed E-state index contributed by atoms with van der Waals surface area (Å²) in [7, 11) is 0.307. The van der Waals surface area contributed by atoms with Crippen molar-refractivity contribution >= 4 is 33.0 Å². The molecule has 5 heteroatoms. The van der Waals surface area contributed by atoms with E-state index in [-0.39, 0.29) is 11.8 Å². The largest absolute Gasteiger partial charge is 0.390 e. The van der Waals surface area contributed by atoms with Gasteiger partial charge in [-0.05, 0) is 56.0 Å². The molecule has 1 unspecified atom stereocenters. The van der Waals surface area contributed by atoms with Crippen molar-refractivity contribution in [2.45, 2.75) is 58.0 Å². The van der Waals surface area contributed by atoms with Gasteiger partial charge >= 0.3 is 0 Å². The zero-order valence-electron chi connectivity index (χ0n) is 15.0. The quantitative estimate of drug-likeness (QED) is 0.494. The molecule has 0 heterocycles. The Balaban J connectivity index is 3.38. The van der Waals surface area contributed by atoms with Crippen LogP contribution in [0.1, 0.15) is 35.4 Å². The Morgan fingerprint density at radius 1 is 1.05 bits per heavy atom. The number of hydrogen-bond donors (Lipinski definition) is 0. The summed E-state index contributed by atoms with van der Waals surface area (Å²) in [6.45, 7) is 19.2. The summed E-state index contributed by atoms with van der Waals surface area (Å²) in [4.78, 5) is 0. The van der Waals surface area contributed by atoms with Crippen LogP contribution in [0.15, 0.2) is 24.8 Å². The van der Waals surface area contributed by atoms with Gasteiger partial charge in [-0.3, -0.25) is 0 Å². The summed E-state index contributed by atoms with van der Waals surface area (Å²) in [5.41, 5.74) is 3.66. The average molecular weight is 350 g/mol.